The molecule has 132 valence electrons. The van der Waals surface area contributed by atoms with Crippen molar-refractivity contribution in [2.45, 2.75) is 25.9 Å². The van der Waals surface area contributed by atoms with Crippen LogP contribution in [-0.4, -0.2) is 18.6 Å². The molecule has 0 fully saturated rings. The molecule has 3 aromatic rings. The lowest BCUT2D eigenvalue weighted by molar-refractivity contribution is -0.137. The first-order chi connectivity index (χ1) is 12.0. The Morgan fingerprint density at radius 3 is 2.52 bits per heavy atom. The van der Waals surface area contributed by atoms with E-state index in [1.165, 1.54) is 17.7 Å². The minimum atomic E-state index is -4.34. The van der Waals surface area contributed by atoms with Crippen LogP contribution < -0.4 is 5.32 Å². The van der Waals surface area contributed by atoms with Gasteiger partial charge in [-0.05, 0) is 61.3 Å². The van der Waals surface area contributed by atoms with Crippen LogP contribution in [0.15, 0.2) is 42.5 Å². The van der Waals surface area contributed by atoms with Gasteiger partial charge in [0.2, 0.25) is 0 Å². The summed E-state index contributed by atoms with van der Waals surface area (Å²) in [6, 6.07) is 11.3. The van der Waals surface area contributed by atoms with Crippen molar-refractivity contribution in [1.29, 1.82) is 0 Å². The largest absolute Gasteiger partial charge is 0.416 e. The van der Waals surface area contributed by atoms with Crippen LogP contribution in [0.2, 0.25) is 0 Å². The summed E-state index contributed by atoms with van der Waals surface area (Å²) in [5.74, 6) is 0. The fraction of sp³-hybridized carbons (Fsp3) is 0.300. The molecule has 0 saturated heterocycles. The highest BCUT2D eigenvalue weighted by atomic mass is 19.4. The smallest absolute Gasteiger partial charge is 0.358 e. The lowest BCUT2D eigenvalue weighted by Crippen LogP contribution is -2.11. The molecule has 0 aliphatic carbocycles. The maximum absolute atomic E-state index is 13.1. The third-order valence-corrected chi connectivity index (χ3v) is 4.50. The predicted molar refractivity (Wildman–Crippen MR) is 95.7 cm³/mol. The predicted octanol–water partition coefficient (Wildman–Crippen LogP) is 5.18. The lowest BCUT2D eigenvalue weighted by atomic mass is 9.95. The number of hydrogen-bond acceptors (Lipinski definition) is 1. The van der Waals surface area contributed by atoms with Crippen LogP contribution in [0.1, 0.15) is 23.7 Å². The molecule has 0 aliphatic rings. The number of hydrogen-bond donors (Lipinski definition) is 2. The van der Waals surface area contributed by atoms with Gasteiger partial charge < -0.3 is 10.3 Å². The summed E-state index contributed by atoms with van der Waals surface area (Å²) < 4.78 is 39.3. The highest BCUT2D eigenvalue weighted by molar-refractivity contribution is 5.98. The zero-order valence-electron chi connectivity index (χ0n) is 14.3. The molecule has 1 aromatic heterocycles. The summed E-state index contributed by atoms with van der Waals surface area (Å²) in [5, 5.41) is 4.17. The molecule has 2 aromatic carbocycles. The number of likely N-dealkylation sites (N-methyl/N-ethyl adjacent to an activating group) is 1. The van der Waals surface area contributed by atoms with E-state index < -0.39 is 11.7 Å². The first-order valence-electron chi connectivity index (χ1n) is 8.40. The molecule has 5 heteroatoms. The quantitative estimate of drug-likeness (QED) is 0.655. The maximum atomic E-state index is 13.1. The Morgan fingerprint density at radius 1 is 1.08 bits per heavy atom. The van der Waals surface area contributed by atoms with Gasteiger partial charge in [0, 0.05) is 16.6 Å². The fourth-order valence-electron chi connectivity index (χ4n) is 3.30. The van der Waals surface area contributed by atoms with Gasteiger partial charge in [-0.1, -0.05) is 31.2 Å². The minimum absolute atomic E-state index is 0.591. The van der Waals surface area contributed by atoms with Crippen molar-refractivity contribution in [3.8, 4) is 11.1 Å². The van der Waals surface area contributed by atoms with Crippen LogP contribution in [-0.2, 0) is 19.0 Å². The second-order valence-electron chi connectivity index (χ2n) is 6.10. The molecule has 0 amide bonds. The molecule has 3 rings (SSSR count). The molecule has 2 nitrogen and oxygen atoms in total. The molecule has 0 unspecified atom stereocenters. The van der Waals surface area contributed by atoms with E-state index in [2.05, 4.69) is 17.2 Å². The number of aromatic amines is 1. The van der Waals surface area contributed by atoms with Gasteiger partial charge in [0.15, 0.2) is 0 Å². The first kappa shape index (κ1) is 17.5. The lowest BCUT2D eigenvalue weighted by Gasteiger charge is -2.11. The number of aryl methyl sites for hydroxylation is 1. The summed E-state index contributed by atoms with van der Waals surface area (Å²) in [5.41, 5.74) is 4.10. The highest BCUT2D eigenvalue weighted by Crippen LogP contribution is 2.36. The normalized spacial score (nSPS) is 12.0. The standard InChI is InChI=1S/C20H21F3N2/c1-3-17-16(10-11-24-2)19-15(8-5-9-18(19)25-17)13-6-4-7-14(12-13)20(21,22)23/h4-9,12,24-25H,3,10-11H2,1-2H3. The zero-order valence-corrected chi connectivity index (χ0v) is 14.3. The Balaban J connectivity index is 2.21. The van der Waals surface area contributed by atoms with Crippen LogP contribution in [0.25, 0.3) is 22.0 Å². The number of rotatable bonds is 5. The van der Waals surface area contributed by atoms with Gasteiger partial charge in [-0.3, -0.25) is 0 Å². The van der Waals surface area contributed by atoms with Crippen LogP contribution in [0, 0.1) is 0 Å². The van der Waals surface area contributed by atoms with Gasteiger partial charge >= 0.3 is 6.18 Å². The molecule has 25 heavy (non-hydrogen) atoms. The number of H-pyrrole nitrogens is 1. The Bertz CT molecular complexity index is 878. The third-order valence-electron chi connectivity index (χ3n) is 4.50. The number of fused-ring (bicyclic) bond motifs is 1. The van der Waals surface area contributed by atoms with E-state index in [-0.39, 0.29) is 0 Å². The Labute approximate surface area is 145 Å². The summed E-state index contributed by atoms with van der Waals surface area (Å²) in [7, 11) is 1.90. The number of alkyl halides is 3. The third kappa shape index (κ3) is 3.42. The van der Waals surface area contributed by atoms with E-state index in [1.54, 1.807) is 6.07 Å². The Kier molecular flexibility index (Phi) is 4.86. The molecule has 2 N–H and O–H groups in total. The number of nitrogens with one attached hydrogen (secondary N) is 2. The average molecular weight is 346 g/mol. The molecule has 1 heterocycles. The van der Waals surface area contributed by atoms with Gasteiger partial charge in [-0.25, -0.2) is 0 Å². The molecule has 0 spiro atoms. The van der Waals surface area contributed by atoms with Crippen molar-refractivity contribution in [1.82, 2.24) is 10.3 Å². The molecule has 0 aliphatic heterocycles. The van der Waals surface area contributed by atoms with E-state index in [0.717, 1.165) is 47.6 Å². The second kappa shape index (κ2) is 6.92. The van der Waals surface area contributed by atoms with Crippen molar-refractivity contribution in [3.63, 3.8) is 0 Å². The van der Waals surface area contributed by atoms with Crippen LogP contribution in [0.5, 0.6) is 0 Å². The monoisotopic (exact) mass is 346 g/mol. The summed E-state index contributed by atoms with van der Waals surface area (Å²) in [6.07, 6.45) is -2.66. The van der Waals surface area contributed by atoms with E-state index >= 15 is 0 Å². The fourth-order valence-corrected chi connectivity index (χ4v) is 3.30. The highest BCUT2D eigenvalue weighted by Gasteiger charge is 2.30. The zero-order chi connectivity index (χ0) is 18.0. The molecule has 0 saturated carbocycles. The number of halogens is 3. The maximum Gasteiger partial charge on any atom is 0.416 e. The number of benzene rings is 2. The van der Waals surface area contributed by atoms with E-state index in [0.29, 0.717) is 5.56 Å². The number of aromatic nitrogens is 1. The van der Waals surface area contributed by atoms with E-state index in [9.17, 15) is 13.2 Å². The first-order valence-corrected chi connectivity index (χ1v) is 8.40. The van der Waals surface area contributed by atoms with Gasteiger partial charge in [0.05, 0.1) is 5.56 Å². The van der Waals surface area contributed by atoms with Crippen LogP contribution >= 0.6 is 0 Å². The SMILES string of the molecule is CCc1[nH]c2cccc(-c3cccc(C(F)(F)F)c3)c2c1CCNC. The van der Waals surface area contributed by atoms with Crippen LogP contribution in [0.4, 0.5) is 13.2 Å². The van der Waals surface area contributed by atoms with E-state index in [4.69, 9.17) is 0 Å². The molecule has 0 radical (unpaired) electrons. The van der Waals surface area contributed by atoms with Gasteiger partial charge in [-0.15, -0.1) is 0 Å². The average Bonchev–Trinajstić information content (AvgIpc) is 2.97. The summed E-state index contributed by atoms with van der Waals surface area (Å²) >= 11 is 0. The molecular formula is C20H21F3N2. The van der Waals surface area contributed by atoms with Crippen molar-refractivity contribution in [2.75, 3.05) is 13.6 Å². The topological polar surface area (TPSA) is 27.8 Å². The molecule has 0 atom stereocenters. The van der Waals surface area contributed by atoms with Crippen molar-refractivity contribution >= 4 is 10.9 Å². The second-order valence-corrected chi connectivity index (χ2v) is 6.10. The molecular weight excluding hydrogens is 325 g/mol. The Morgan fingerprint density at radius 2 is 1.84 bits per heavy atom. The van der Waals surface area contributed by atoms with Crippen molar-refractivity contribution < 1.29 is 13.2 Å². The van der Waals surface area contributed by atoms with E-state index in [1.807, 2.05) is 25.2 Å². The summed E-state index contributed by atoms with van der Waals surface area (Å²) in [6.45, 7) is 2.90. The van der Waals surface area contributed by atoms with Gasteiger partial charge in [-0.2, -0.15) is 13.2 Å². The van der Waals surface area contributed by atoms with Gasteiger partial charge in [0.25, 0.3) is 0 Å². The van der Waals surface area contributed by atoms with Gasteiger partial charge in [0.1, 0.15) is 0 Å². The molecule has 0 bridgehead atoms. The van der Waals surface area contributed by atoms with Crippen molar-refractivity contribution in [2.24, 2.45) is 0 Å². The van der Waals surface area contributed by atoms with Crippen molar-refractivity contribution in [3.05, 3.63) is 59.3 Å². The van der Waals surface area contributed by atoms with Crippen LogP contribution in [0.3, 0.4) is 0 Å². The Hall–Kier alpha value is -2.27. The minimum Gasteiger partial charge on any atom is -0.358 e. The summed E-state index contributed by atoms with van der Waals surface area (Å²) in [4.78, 5) is 3.43.